The lowest BCUT2D eigenvalue weighted by molar-refractivity contribution is -0.144. The van der Waals surface area contributed by atoms with Gasteiger partial charge in [0.2, 0.25) is 5.91 Å². The third kappa shape index (κ3) is 3.61. The molecule has 0 radical (unpaired) electrons. The highest BCUT2D eigenvalue weighted by Crippen LogP contribution is 2.28. The molecule has 0 aromatic heterocycles. The zero-order valence-electron chi connectivity index (χ0n) is 13.7. The van der Waals surface area contributed by atoms with E-state index in [-0.39, 0.29) is 18.7 Å². The molecule has 1 aliphatic rings. The lowest BCUT2D eigenvalue weighted by Crippen LogP contribution is -2.50. The fourth-order valence-electron chi connectivity index (χ4n) is 3.14. The second kappa shape index (κ2) is 7.34. The Hall–Kier alpha value is -1.89. The van der Waals surface area contributed by atoms with Gasteiger partial charge in [-0.15, -0.1) is 0 Å². The van der Waals surface area contributed by atoms with Crippen LogP contribution in [0.2, 0.25) is 0 Å². The Morgan fingerprint density at radius 3 is 2.46 bits per heavy atom. The minimum atomic E-state index is -3.44. The first-order valence-corrected chi connectivity index (χ1v) is 9.83. The van der Waals surface area contributed by atoms with Crippen molar-refractivity contribution in [3.8, 4) is 0 Å². The molecule has 24 heavy (non-hydrogen) atoms. The van der Waals surface area contributed by atoms with Crippen molar-refractivity contribution >= 4 is 21.7 Å². The topological polar surface area (TPSA) is 101 Å². The fraction of sp³-hybridized carbons (Fsp3) is 0.529. The number of amides is 1. The number of hydrogen-bond donors (Lipinski definition) is 2. The molecule has 0 bridgehead atoms. The lowest BCUT2D eigenvalue weighted by atomic mass is 9.78. The fourth-order valence-corrected chi connectivity index (χ4v) is 4.97. The molecule has 1 amide bonds. The molecule has 0 aliphatic carbocycles. The summed E-state index contributed by atoms with van der Waals surface area (Å²) >= 11 is 0. The average molecular weight is 353 g/mol. The number of carboxylic acid groups (broad SMARTS) is 1. The van der Waals surface area contributed by atoms with Gasteiger partial charge in [0, 0.05) is 6.54 Å². The van der Waals surface area contributed by atoms with Crippen LogP contribution in [0.25, 0.3) is 0 Å². The van der Waals surface area contributed by atoms with Gasteiger partial charge in [-0.3, -0.25) is 9.59 Å². The van der Waals surface area contributed by atoms with Crippen molar-refractivity contribution in [2.45, 2.75) is 43.3 Å². The van der Waals surface area contributed by atoms with Crippen molar-refractivity contribution in [3.63, 3.8) is 0 Å². The molecule has 7 heteroatoms. The molecule has 1 fully saturated rings. The Morgan fingerprint density at radius 1 is 1.25 bits per heavy atom. The minimum Gasteiger partial charge on any atom is -0.481 e. The van der Waals surface area contributed by atoms with Crippen LogP contribution in [0.5, 0.6) is 0 Å². The first kappa shape index (κ1) is 18.4. The summed E-state index contributed by atoms with van der Waals surface area (Å²) in [6.45, 7) is 1.61. The molecule has 0 saturated carbocycles. The molecule has 0 spiro atoms. The summed E-state index contributed by atoms with van der Waals surface area (Å²) in [6.07, 6.45) is 1.84. The van der Waals surface area contributed by atoms with Crippen LogP contribution in [0.3, 0.4) is 0 Å². The SMILES string of the molecule is CCC(CNC(=O)C1CCCCS1(=O)=O)(C(=O)O)c1ccccc1. The second-order valence-corrected chi connectivity index (χ2v) is 8.48. The molecule has 1 heterocycles. The Morgan fingerprint density at radius 2 is 1.92 bits per heavy atom. The van der Waals surface area contributed by atoms with Gasteiger partial charge in [0.25, 0.3) is 0 Å². The summed E-state index contributed by atoms with van der Waals surface area (Å²) in [4.78, 5) is 24.2. The molecule has 1 saturated heterocycles. The van der Waals surface area contributed by atoms with E-state index in [1.807, 2.05) is 0 Å². The predicted molar refractivity (Wildman–Crippen MR) is 90.5 cm³/mol. The quantitative estimate of drug-likeness (QED) is 0.807. The Kier molecular flexibility index (Phi) is 5.64. The number of sulfone groups is 1. The number of nitrogens with one attached hydrogen (secondary N) is 1. The summed E-state index contributed by atoms with van der Waals surface area (Å²) in [7, 11) is -3.44. The number of carboxylic acids is 1. The maximum absolute atomic E-state index is 12.3. The summed E-state index contributed by atoms with van der Waals surface area (Å²) in [5.74, 6) is -1.62. The van der Waals surface area contributed by atoms with Crippen molar-refractivity contribution in [1.29, 1.82) is 0 Å². The van der Waals surface area contributed by atoms with Crippen molar-refractivity contribution in [1.82, 2.24) is 5.32 Å². The van der Waals surface area contributed by atoms with Crippen molar-refractivity contribution in [2.75, 3.05) is 12.3 Å². The van der Waals surface area contributed by atoms with Gasteiger partial charge in [-0.2, -0.15) is 0 Å². The van der Waals surface area contributed by atoms with Crippen LogP contribution in [-0.4, -0.2) is 42.9 Å². The monoisotopic (exact) mass is 353 g/mol. The van der Waals surface area contributed by atoms with Crippen LogP contribution in [0.15, 0.2) is 30.3 Å². The first-order chi connectivity index (χ1) is 11.3. The highest BCUT2D eigenvalue weighted by Gasteiger charge is 2.41. The van der Waals surface area contributed by atoms with Crippen LogP contribution < -0.4 is 5.32 Å². The predicted octanol–water partition coefficient (Wildman–Crippen LogP) is 1.50. The van der Waals surface area contributed by atoms with Gasteiger partial charge in [0.15, 0.2) is 9.84 Å². The van der Waals surface area contributed by atoms with E-state index in [0.29, 0.717) is 24.8 Å². The third-order valence-corrected chi connectivity index (χ3v) is 6.95. The molecule has 1 aliphatic heterocycles. The van der Waals surface area contributed by atoms with E-state index < -0.39 is 32.4 Å². The summed E-state index contributed by atoms with van der Waals surface area (Å²) in [6, 6.07) is 8.70. The summed E-state index contributed by atoms with van der Waals surface area (Å²) in [5, 5.41) is 11.2. The Labute approximate surface area is 142 Å². The maximum atomic E-state index is 12.3. The molecule has 2 atom stereocenters. The molecule has 1 aromatic carbocycles. The zero-order chi connectivity index (χ0) is 17.8. The summed E-state index contributed by atoms with van der Waals surface area (Å²) < 4.78 is 24.1. The second-order valence-electron chi connectivity index (χ2n) is 6.18. The number of aliphatic carboxylic acids is 1. The molecule has 2 unspecified atom stereocenters. The van der Waals surface area contributed by atoms with Crippen molar-refractivity contribution in [2.24, 2.45) is 0 Å². The molecule has 132 valence electrons. The van der Waals surface area contributed by atoms with Crippen LogP contribution >= 0.6 is 0 Å². The normalized spacial score (nSPS) is 22.3. The first-order valence-electron chi connectivity index (χ1n) is 8.11. The van der Waals surface area contributed by atoms with E-state index in [1.54, 1.807) is 37.3 Å². The van der Waals surface area contributed by atoms with Gasteiger partial charge >= 0.3 is 5.97 Å². The number of carbonyl (C=O) groups excluding carboxylic acids is 1. The number of carbonyl (C=O) groups is 2. The van der Waals surface area contributed by atoms with Gasteiger partial charge in [-0.1, -0.05) is 43.7 Å². The van der Waals surface area contributed by atoms with Crippen LogP contribution in [0.1, 0.15) is 38.2 Å². The van der Waals surface area contributed by atoms with E-state index in [2.05, 4.69) is 5.32 Å². The van der Waals surface area contributed by atoms with E-state index in [1.165, 1.54) is 0 Å². The molecular weight excluding hydrogens is 330 g/mol. The highest BCUT2D eigenvalue weighted by molar-refractivity contribution is 7.92. The van der Waals surface area contributed by atoms with Crippen LogP contribution in [0.4, 0.5) is 0 Å². The van der Waals surface area contributed by atoms with Gasteiger partial charge in [0.1, 0.15) is 10.7 Å². The van der Waals surface area contributed by atoms with Crippen molar-refractivity contribution < 1.29 is 23.1 Å². The Bertz CT molecular complexity index is 701. The van der Waals surface area contributed by atoms with Gasteiger partial charge in [-0.25, -0.2) is 8.42 Å². The minimum absolute atomic E-state index is 0.0155. The van der Waals surface area contributed by atoms with E-state index in [4.69, 9.17) is 0 Å². The summed E-state index contributed by atoms with van der Waals surface area (Å²) in [5.41, 5.74) is -0.679. The molecule has 2 N–H and O–H groups in total. The smallest absolute Gasteiger partial charge is 0.315 e. The highest BCUT2D eigenvalue weighted by atomic mass is 32.2. The largest absolute Gasteiger partial charge is 0.481 e. The van der Waals surface area contributed by atoms with E-state index in [9.17, 15) is 23.1 Å². The Balaban J connectivity index is 2.20. The number of rotatable bonds is 6. The molecule has 6 nitrogen and oxygen atoms in total. The van der Waals surface area contributed by atoms with E-state index in [0.717, 1.165) is 0 Å². The standard InChI is InChI=1S/C17H23NO5S/c1-2-17(16(20)21,13-8-4-3-5-9-13)12-18-15(19)14-10-6-7-11-24(14,22)23/h3-5,8-9,14H,2,6-7,10-12H2,1H3,(H,18,19)(H,20,21). The van der Waals surface area contributed by atoms with Crippen LogP contribution in [-0.2, 0) is 24.8 Å². The van der Waals surface area contributed by atoms with Gasteiger partial charge < -0.3 is 10.4 Å². The third-order valence-electron chi connectivity index (χ3n) is 4.77. The molecular formula is C17H23NO5S. The van der Waals surface area contributed by atoms with Gasteiger partial charge in [0.05, 0.1) is 5.75 Å². The number of hydrogen-bond acceptors (Lipinski definition) is 4. The molecule has 2 rings (SSSR count). The van der Waals surface area contributed by atoms with E-state index >= 15 is 0 Å². The van der Waals surface area contributed by atoms with Crippen molar-refractivity contribution in [3.05, 3.63) is 35.9 Å². The van der Waals surface area contributed by atoms with Crippen LogP contribution in [0, 0.1) is 0 Å². The average Bonchev–Trinajstić information content (AvgIpc) is 2.56. The maximum Gasteiger partial charge on any atom is 0.315 e. The molecule has 1 aromatic rings. The lowest BCUT2D eigenvalue weighted by Gasteiger charge is -2.30. The number of benzene rings is 1. The zero-order valence-corrected chi connectivity index (χ0v) is 14.5. The van der Waals surface area contributed by atoms with Gasteiger partial charge in [-0.05, 0) is 24.8 Å².